The third-order valence-corrected chi connectivity index (χ3v) is 9.32. The molecule has 5 rings (SSSR count). The lowest BCUT2D eigenvalue weighted by atomic mass is 9.47. The molecule has 4 fully saturated rings. The summed E-state index contributed by atoms with van der Waals surface area (Å²) in [7, 11) is -2.36. The minimum atomic E-state index is -3.77. The van der Waals surface area contributed by atoms with Crippen molar-refractivity contribution in [1.82, 2.24) is 4.72 Å². The van der Waals surface area contributed by atoms with Gasteiger partial charge in [0.15, 0.2) is 5.75 Å². The minimum absolute atomic E-state index is 0.0579. The summed E-state index contributed by atoms with van der Waals surface area (Å²) in [6, 6.07) is 2.92. The number of ether oxygens (including phenoxy) is 1. The van der Waals surface area contributed by atoms with Crippen LogP contribution in [-0.4, -0.2) is 21.6 Å². The number of sulfonamides is 1. The Kier molecular flexibility index (Phi) is 5.20. The summed E-state index contributed by atoms with van der Waals surface area (Å²) in [4.78, 5) is 0.0579. The molecule has 7 heteroatoms. The summed E-state index contributed by atoms with van der Waals surface area (Å²) in [5, 5.41) is 0.408. The lowest BCUT2D eigenvalue weighted by molar-refractivity contribution is -0.0704. The maximum absolute atomic E-state index is 13.2. The second-order valence-corrected chi connectivity index (χ2v) is 11.2. The van der Waals surface area contributed by atoms with E-state index in [1.807, 2.05) is 0 Å². The van der Waals surface area contributed by atoms with Crippen molar-refractivity contribution in [3.63, 3.8) is 0 Å². The maximum atomic E-state index is 13.2. The fourth-order valence-electron chi connectivity index (χ4n) is 6.41. The molecule has 4 aliphatic carbocycles. The molecule has 0 aliphatic heterocycles. The van der Waals surface area contributed by atoms with Crippen LogP contribution in [0.2, 0.25) is 10.0 Å². The molecule has 27 heavy (non-hydrogen) atoms. The zero-order valence-electron chi connectivity index (χ0n) is 15.8. The van der Waals surface area contributed by atoms with Gasteiger partial charge in [-0.1, -0.05) is 30.1 Å². The van der Waals surface area contributed by atoms with E-state index in [4.69, 9.17) is 27.9 Å². The molecule has 0 spiro atoms. The molecule has 1 aromatic rings. The molecule has 0 amide bonds. The molecule has 0 radical (unpaired) electrons. The van der Waals surface area contributed by atoms with E-state index in [1.54, 1.807) is 0 Å². The molecule has 1 atom stereocenters. The van der Waals surface area contributed by atoms with E-state index in [1.165, 1.54) is 38.5 Å². The highest BCUT2D eigenvalue weighted by molar-refractivity contribution is 7.89. The Morgan fingerprint density at radius 1 is 1.15 bits per heavy atom. The molecule has 4 saturated carbocycles. The molecule has 0 aromatic heterocycles. The average Bonchev–Trinajstić information content (AvgIpc) is 2.60. The number of benzene rings is 1. The first-order valence-corrected chi connectivity index (χ1v) is 12.1. The van der Waals surface area contributed by atoms with Gasteiger partial charge >= 0.3 is 0 Å². The summed E-state index contributed by atoms with van der Waals surface area (Å²) in [5.74, 6) is 2.43. The highest BCUT2D eigenvalue weighted by Gasteiger charge is 2.54. The van der Waals surface area contributed by atoms with Crippen molar-refractivity contribution in [2.75, 3.05) is 7.11 Å². The summed E-state index contributed by atoms with van der Waals surface area (Å²) >= 11 is 12.2. The average molecular weight is 432 g/mol. The van der Waals surface area contributed by atoms with Gasteiger partial charge in [0.25, 0.3) is 0 Å². The second kappa shape index (κ2) is 7.08. The fraction of sp³-hybridized carbons (Fsp3) is 0.700. The standard InChI is InChI=1S/C20H27Cl2NO3S/c1-3-17(20-9-12-6-13(10-20)8-14(7-12)11-20)23-27(24,25)16-5-4-15(21)18(22)19(16)26-2/h4-5,12-14,17,23H,3,6-11H2,1-2H3/t12?,13?,14?,17-,20?/m1/s1. The predicted molar refractivity (Wildman–Crippen MR) is 108 cm³/mol. The van der Waals surface area contributed by atoms with E-state index in [2.05, 4.69) is 11.6 Å². The quantitative estimate of drug-likeness (QED) is 0.666. The minimum Gasteiger partial charge on any atom is -0.494 e. The number of hydrogen-bond acceptors (Lipinski definition) is 3. The van der Waals surface area contributed by atoms with Gasteiger partial charge in [-0.05, 0) is 80.2 Å². The molecule has 150 valence electrons. The monoisotopic (exact) mass is 431 g/mol. The van der Waals surface area contributed by atoms with Crippen LogP contribution in [0.5, 0.6) is 5.75 Å². The molecule has 4 nitrogen and oxygen atoms in total. The molecule has 0 saturated heterocycles. The van der Waals surface area contributed by atoms with Crippen LogP contribution in [0.15, 0.2) is 17.0 Å². The van der Waals surface area contributed by atoms with E-state index < -0.39 is 10.0 Å². The van der Waals surface area contributed by atoms with E-state index in [0.29, 0.717) is 0 Å². The summed E-state index contributed by atoms with van der Waals surface area (Å²) in [5.41, 5.74) is 0.0972. The van der Waals surface area contributed by atoms with Gasteiger partial charge in [-0.3, -0.25) is 0 Å². The second-order valence-electron chi connectivity index (χ2n) is 8.75. The van der Waals surface area contributed by atoms with E-state index in [0.717, 1.165) is 43.4 Å². The van der Waals surface area contributed by atoms with Crippen LogP contribution in [0, 0.1) is 23.2 Å². The van der Waals surface area contributed by atoms with Crippen molar-refractivity contribution in [2.45, 2.75) is 62.8 Å². The topological polar surface area (TPSA) is 55.4 Å². The predicted octanol–water partition coefficient (Wildman–Crippen LogP) is 5.28. The highest BCUT2D eigenvalue weighted by Crippen LogP contribution is 2.61. The van der Waals surface area contributed by atoms with Gasteiger partial charge in [0, 0.05) is 6.04 Å². The van der Waals surface area contributed by atoms with Crippen LogP contribution in [0.3, 0.4) is 0 Å². The number of halogens is 2. The van der Waals surface area contributed by atoms with E-state index >= 15 is 0 Å². The fourth-order valence-corrected chi connectivity index (χ4v) is 8.45. The first kappa shape index (κ1) is 19.8. The van der Waals surface area contributed by atoms with Crippen molar-refractivity contribution in [3.05, 3.63) is 22.2 Å². The van der Waals surface area contributed by atoms with Crippen LogP contribution in [-0.2, 0) is 10.0 Å². The van der Waals surface area contributed by atoms with Crippen LogP contribution >= 0.6 is 23.2 Å². The third-order valence-electron chi connectivity index (χ3n) is 7.04. The molecule has 1 aromatic carbocycles. The normalized spacial score (nSPS) is 33.3. The molecule has 0 heterocycles. The Bertz CT molecular complexity index is 805. The Balaban J connectivity index is 1.65. The van der Waals surface area contributed by atoms with Crippen molar-refractivity contribution >= 4 is 33.2 Å². The van der Waals surface area contributed by atoms with E-state index in [-0.39, 0.29) is 32.1 Å². The van der Waals surface area contributed by atoms with Gasteiger partial charge in [-0.15, -0.1) is 0 Å². The first-order valence-electron chi connectivity index (χ1n) is 9.82. The smallest absolute Gasteiger partial charge is 0.244 e. The number of hydrogen-bond donors (Lipinski definition) is 1. The van der Waals surface area contributed by atoms with Gasteiger partial charge in [-0.25, -0.2) is 13.1 Å². The number of nitrogens with one attached hydrogen (secondary N) is 1. The molecule has 1 N–H and O–H groups in total. The van der Waals surface area contributed by atoms with Crippen LogP contribution in [0.4, 0.5) is 0 Å². The largest absolute Gasteiger partial charge is 0.494 e. The van der Waals surface area contributed by atoms with Gasteiger partial charge in [-0.2, -0.15) is 0 Å². The van der Waals surface area contributed by atoms with Crippen LogP contribution < -0.4 is 9.46 Å². The Morgan fingerprint density at radius 3 is 2.19 bits per heavy atom. The van der Waals surface area contributed by atoms with E-state index in [9.17, 15) is 8.42 Å². The lowest BCUT2D eigenvalue weighted by Gasteiger charge is -2.59. The highest BCUT2D eigenvalue weighted by atomic mass is 35.5. The molecular formula is C20H27Cl2NO3S. The van der Waals surface area contributed by atoms with Crippen LogP contribution in [0.1, 0.15) is 51.9 Å². The number of rotatable bonds is 6. The van der Waals surface area contributed by atoms with Crippen molar-refractivity contribution in [3.8, 4) is 5.75 Å². The SMILES string of the molecule is CC[C@@H](NS(=O)(=O)c1ccc(Cl)c(Cl)c1OC)C12CC3CC(CC(C3)C1)C2. The summed E-state index contributed by atoms with van der Waals surface area (Å²) in [6.07, 6.45) is 8.25. The number of methoxy groups -OCH3 is 1. The maximum Gasteiger partial charge on any atom is 0.244 e. The lowest BCUT2D eigenvalue weighted by Crippen LogP contribution is -2.56. The van der Waals surface area contributed by atoms with Gasteiger partial charge < -0.3 is 4.74 Å². The zero-order chi connectivity index (χ0) is 19.4. The summed E-state index contributed by atoms with van der Waals surface area (Å²) < 4.78 is 34.8. The van der Waals surface area contributed by atoms with Gasteiger partial charge in [0.05, 0.1) is 12.1 Å². The van der Waals surface area contributed by atoms with Crippen molar-refractivity contribution < 1.29 is 13.2 Å². The van der Waals surface area contributed by atoms with Gasteiger partial charge in [0.1, 0.15) is 9.92 Å². The Hall–Kier alpha value is -0.490. The molecule has 4 aliphatic rings. The molecule has 4 bridgehead atoms. The van der Waals surface area contributed by atoms with Crippen molar-refractivity contribution in [1.29, 1.82) is 0 Å². The first-order chi connectivity index (χ1) is 12.8. The zero-order valence-corrected chi connectivity index (χ0v) is 18.1. The molecule has 0 unspecified atom stereocenters. The Labute approximate surface area is 172 Å². The van der Waals surface area contributed by atoms with Crippen LogP contribution in [0.25, 0.3) is 0 Å². The Morgan fingerprint density at radius 2 is 1.70 bits per heavy atom. The third kappa shape index (κ3) is 3.39. The van der Waals surface area contributed by atoms with Crippen molar-refractivity contribution in [2.24, 2.45) is 23.2 Å². The summed E-state index contributed by atoms with van der Waals surface area (Å²) in [6.45, 7) is 2.08. The van der Waals surface area contributed by atoms with Gasteiger partial charge in [0.2, 0.25) is 10.0 Å². The molecular weight excluding hydrogens is 405 g/mol.